The van der Waals surface area contributed by atoms with Gasteiger partial charge in [0.25, 0.3) is 11.8 Å². The fraction of sp³-hybridized carbons (Fsp3) is 0.292. The summed E-state index contributed by atoms with van der Waals surface area (Å²) < 4.78 is 11.2. The smallest absolute Gasteiger partial charge is 0.255 e. The highest BCUT2D eigenvalue weighted by atomic mass is 32.1. The molecule has 0 aliphatic carbocycles. The average molecular weight is 450 g/mol. The minimum atomic E-state index is -0.386. The Hall–Kier alpha value is -3.23. The number of carbonyl (C=O) groups is 2. The second kappa shape index (κ2) is 9.10. The first-order chi connectivity index (χ1) is 15.7. The van der Waals surface area contributed by atoms with Gasteiger partial charge in [-0.15, -0.1) is 0 Å². The predicted molar refractivity (Wildman–Crippen MR) is 121 cm³/mol. The lowest BCUT2D eigenvalue weighted by Gasteiger charge is -2.26. The van der Waals surface area contributed by atoms with E-state index in [1.807, 2.05) is 35.2 Å². The number of hydrogen-bond donors (Lipinski definition) is 1. The average Bonchev–Trinajstić information content (AvgIpc) is 3.49. The number of anilines is 1. The fourth-order valence-corrected chi connectivity index (χ4v) is 4.89. The number of aromatic nitrogens is 1. The van der Waals surface area contributed by atoms with Crippen molar-refractivity contribution in [2.45, 2.75) is 31.9 Å². The van der Waals surface area contributed by atoms with Crippen molar-refractivity contribution >= 4 is 28.3 Å². The van der Waals surface area contributed by atoms with Crippen LogP contribution in [0.25, 0.3) is 0 Å². The van der Waals surface area contributed by atoms with Gasteiger partial charge in [-0.3, -0.25) is 14.9 Å². The fourth-order valence-electron chi connectivity index (χ4n) is 3.87. The van der Waals surface area contributed by atoms with Crippen molar-refractivity contribution in [1.82, 2.24) is 9.88 Å². The molecule has 1 saturated heterocycles. The lowest BCUT2D eigenvalue weighted by atomic mass is 10.1. The number of hydrogen-bond acceptors (Lipinski definition) is 6. The minimum absolute atomic E-state index is 0.0275. The van der Waals surface area contributed by atoms with E-state index in [2.05, 4.69) is 10.3 Å². The Morgan fingerprint density at radius 1 is 1.09 bits per heavy atom. The number of amides is 2. The predicted octanol–water partition coefficient (Wildman–Crippen LogP) is 4.25. The van der Waals surface area contributed by atoms with Crippen molar-refractivity contribution in [3.05, 3.63) is 70.7 Å². The number of nitrogens with one attached hydrogen (secondary N) is 1. The molecule has 2 aliphatic heterocycles. The molecule has 1 fully saturated rings. The zero-order valence-corrected chi connectivity index (χ0v) is 18.3. The van der Waals surface area contributed by atoms with Crippen LogP contribution in [0.3, 0.4) is 0 Å². The first-order valence-corrected chi connectivity index (χ1v) is 11.5. The molecule has 5 rings (SSSR count). The molecule has 2 aliphatic rings. The van der Waals surface area contributed by atoms with E-state index in [1.165, 1.54) is 11.3 Å². The number of rotatable bonds is 5. The number of fused-ring (bicyclic) bond motifs is 1. The summed E-state index contributed by atoms with van der Waals surface area (Å²) in [7, 11) is 0. The van der Waals surface area contributed by atoms with Crippen LogP contribution >= 0.6 is 11.3 Å². The van der Waals surface area contributed by atoms with E-state index in [0.717, 1.165) is 29.2 Å². The molecule has 3 aromatic rings. The summed E-state index contributed by atoms with van der Waals surface area (Å²) >= 11 is 1.43. The van der Waals surface area contributed by atoms with Crippen molar-refractivity contribution < 1.29 is 19.1 Å². The number of nitrogens with zero attached hydrogens (tertiary/aromatic N) is 2. The van der Waals surface area contributed by atoms with Gasteiger partial charge >= 0.3 is 0 Å². The molecule has 1 atom stereocenters. The minimum Gasteiger partial charge on any atom is -0.457 e. The van der Waals surface area contributed by atoms with E-state index >= 15 is 0 Å². The molecule has 1 unspecified atom stereocenters. The second-order valence-electron chi connectivity index (χ2n) is 7.80. The molecule has 1 N–H and O–H groups in total. The van der Waals surface area contributed by atoms with E-state index in [0.29, 0.717) is 42.6 Å². The second-order valence-corrected chi connectivity index (χ2v) is 8.88. The van der Waals surface area contributed by atoms with Gasteiger partial charge in [0.15, 0.2) is 5.13 Å². The Morgan fingerprint density at radius 3 is 2.62 bits per heavy atom. The van der Waals surface area contributed by atoms with Gasteiger partial charge in [-0.1, -0.05) is 29.5 Å². The Morgan fingerprint density at radius 2 is 1.88 bits per heavy atom. The SMILES string of the molecule is O=C(Nc1nc2c(s1)CN(C(=O)c1ccc(Oc3ccccc3)cc1)CC2)C1CCCO1. The van der Waals surface area contributed by atoms with Crippen LogP contribution in [0.1, 0.15) is 33.8 Å². The summed E-state index contributed by atoms with van der Waals surface area (Å²) in [6, 6.07) is 16.7. The molecule has 3 heterocycles. The van der Waals surface area contributed by atoms with Crippen LogP contribution < -0.4 is 10.1 Å². The number of benzene rings is 2. The maximum atomic E-state index is 13.0. The number of carbonyl (C=O) groups excluding carboxylic acids is 2. The van der Waals surface area contributed by atoms with Crippen LogP contribution in [-0.2, 0) is 22.5 Å². The molecule has 8 heteroatoms. The van der Waals surface area contributed by atoms with E-state index < -0.39 is 0 Å². The maximum absolute atomic E-state index is 13.0. The number of thiazole rings is 1. The molecule has 164 valence electrons. The standard InChI is InChI=1S/C24H23N3O4S/c28-22(20-7-4-14-30-20)26-24-25-19-12-13-27(15-21(19)32-24)23(29)16-8-10-18(11-9-16)31-17-5-2-1-3-6-17/h1-3,5-6,8-11,20H,4,7,12-15H2,(H,25,26,28). The third-order valence-corrected chi connectivity index (χ3v) is 6.55. The molecule has 0 radical (unpaired) electrons. The van der Waals surface area contributed by atoms with Crippen molar-refractivity contribution in [2.24, 2.45) is 0 Å². The molecule has 2 aromatic carbocycles. The molecular weight excluding hydrogens is 426 g/mol. The zero-order valence-electron chi connectivity index (χ0n) is 17.5. The lowest BCUT2D eigenvalue weighted by Crippen LogP contribution is -2.35. The van der Waals surface area contributed by atoms with Gasteiger partial charge in [0.05, 0.1) is 12.2 Å². The van der Waals surface area contributed by atoms with Crippen LogP contribution in [0.2, 0.25) is 0 Å². The van der Waals surface area contributed by atoms with E-state index in [9.17, 15) is 9.59 Å². The number of para-hydroxylation sites is 1. The monoisotopic (exact) mass is 449 g/mol. The Bertz CT molecular complexity index is 1110. The molecular formula is C24H23N3O4S. The Balaban J connectivity index is 1.22. The van der Waals surface area contributed by atoms with Crippen molar-refractivity contribution in [3.8, 4) is 11.5 Å². The topological polar surface area (TPSA) is 80.8 Å². The van der Waals surface area contributed by atoms with E-state index in [1.54, 1.807) is 24.3 Å². The summed E-state index contributed by atoms with van der Waals surface area (Å²) in [5, 5.41) is 3.45. The largest absolute Gasteiger partial charge is 0.457 e. The Labute approximate surface area is 190 Å². The van der Waals surface area contributed by atoms with Gasteiger partial charge < -0.3 is 14.4 Å². The molecule has 2 amide bonds. The summed E-state index contributed by atoms with van der Waals surface area (Å²) in [5.41, 5.74) is 1.57. The van der Waals surface area contributed by atoms with Crippen LogP contribution in [0.4, 0.5) is 5.13 Å². The van der Waals surface area contributed by atoms with Crippen molar-refractivity contribution in [3.63, 3.8) is 0 Å². The van der Waals surface area contributed by atoms with Gasteiger partial charge in [-0.25, -0.2) is 4.98 Å². The van der Waals surface area contributed by atoms with Crippen LogP contribution in [0.5, 0.6) is 11.5 Å². The maximum Gasteiger partial charge on any atom is 0.255 e. The van der Waals surface area contributed by atoms with Gasteiger partial charge in [-0.05, 0) is 49.2 Å². The summed E-state index contributed by atoms with van der Waals surface area (Å²) in [6.07, 6.45) is 1.93. The quantitative estimate of drug-likeness (QED) is 0.630. The molecule has 1 aromatic heterocycles. The summed E-state index contributed by atoms with van der Waals surface area (Å²) in [4.78, 5) is 32.7. The highest BCUT2D eigenvalue weighted by molar-refractivity contribution is 7.15. The van der Waals surface area contributed by atoms with Crippen molar-refractivity contribution in [2.75, 3.05) is 18.5 Å². The van der Waals surface area contributed by atoms with Crippen LogP contribution in [-0.4, -0.2) is 41.0 Å². The van der Waals surface area contributed by atoms with E-state index in [-0.39, 0.29) is 17.9 Å². The molecule has 0 saturated carbocycles. The Kier molecular flexibility index (Phi) is 5.87. The third-order valence-electron chi connectivity index (χ3n) is 5.55. The van der Waals surface area contributed by atoms with Crippen molar-refractivity contribution in [1.29, 1.82) is 0 Å². The van der Waals surface area contributed by atoms with Crippen LogP contribution in [0, 0.1) is 0 Å². The van der Waals surface area contributed by atoms with Crippen LogP contribution in [0.15, 0.2) is 54.6 Å². The summed E-state index contributed by atoms with van der Waals surface area (Å²) in [5.74, 6) is 1.27. The van der Waals surface area contributed by atoms with Gasteiger partial charge in [0.2, 0.25) is 0 Å². The molecule has 0 bridgehead atoms. The lowest BCUT2D eigenvalue weighted by molar-refractivity contribution is -0.124. The zero-order chi connectivity index (χ0) is 21.9. The molecule has 32 heavy (non-hydrogen) atoms. The highest BCUT2D eigenvalue weighted by Gasteiger charge is 2.28. The number of ether oxygens (including phenoxy) is 2. The van der Waals surface area contributed by atoms with Gasteiger partial charge in [0, 0.05) is 30.0 Å². The van der Waals surface area contributed by atoms with Gasteiger partial charge in [-0.2, -0.15) is 0 Å². The normalized spacial score (nSPS) is 17.6. The van der Waals surface area contributed by atoms with E-state index in [4.69, 9.17) is 9.47 Å². The van der Waals surface area contributed by atoms with Gasteiger partial charge in [0.1, 0.15) is 17.6 Å². The molecule has 0 spiro atoms. The third kappa shape index (κ3) is 4.51. The first-order valence-electron chi connectivity index (χ1n) is 10.7. The first kappa shape index (κ1) is 20.7. The highest BCUT2D eigenvalue weighted by Crippen LogP contribution is 2.30. The molecule has 7 nitrogen and oxygen atoms in total. The summed E-state index contributed by atoms with van der Waals surface area (Å²) in [6.45, 7) is 1.71.